The Balaban J connectivity index is 1.91. The summed E-state index contributed by atoms with van der Waals surface area (Å²) < 4.78 is 5.62. The molecule has 0 fully saturated rings. The van der Waals surface area contributed by atoms with Crippen molar-refractivity contribution in [1.29, 1.82) is 0 Å². The third-order valence-corrected chi connectivity index (χ3v) is 2.61. The Labute approximate surface area is 100 Å². The van der Waals surface area contributed by atoms with Crippen molar-refractivity contribution in [3.05, 3.63) is 24.3 Å². The second-order valence-corrected chi connectivity index (χ2v) is 3.92. The van der Waals surface area contributed by atoms with Gasteiger partial charge in [0.05, 0.1) is 12.2 Å². The Kier molecular flexibility index (Phi) is 3.82. The third kappa shape index (κ3) is 2.88. The number of hydrogen-bond acceptors (Lipinski definition) is 4. The minimum Gasteiger partial charge on any atom is -0.477 e. The van der Waals surface area contributed by atoms with Gasteiger partial charge in [-0.2, -0.15) is 0 Å². The van der Waals surface area contributed by atoms with Crippen molar-refractivity contribution < 1.29 is 9.53 Å². The highest BCUT2D eigenvalue weighted by Gasteiger charge is 2.24. The lowest BCUT2D eigenvalue weighted by atomic mass is 10.2. The number of anilines is 1. The number of benzene rings is 1. The highest BCUT2D eigenvalue weighted by molar-refractivity contribution is 5.83. The summed E-state index contributed by atoms with van der Waals surface area (Å²) in [5.41, 5.74) is 6.29. The molecule has 4 N–H and O–H groups in total. The normalized spacial score (nSPS) is 17.6. The number of fused-ring (bicyclic) bond motifs is 1. The van der Waals surface area contributed by atoms with E-state index in [2.05, 4.69) is 10.6 Å². The first kappa shape index (κ1) is 11.7. The van der Waals surface area contributed by atoms with E-state index in [1.165, 1.54) is 0 Å². The number of nitrogens with two attached hydrogens (primary N) is 1. The van der Waals surface area contributed by atoms with Gasteiger partial charge in [0.15, 0.2) is 6.10 Å². The molecule has 1 aromatic rings. The molecular formula is C12H17N3O2. The number of rotatable bonds is 4. The zero-order valence-electron chi connectivity index (χ0n) is 9.61. The molecule has 5 nitrogen and oxygen atoms in total. The average molecular weight is 235 g/mol. The third-order valence-electron chi connectivity index (χ3n) is 2.61. The van der Waals surface area contributed by atoms with Crippen LogP contribution >= 0.6 is 0 Å². The van der Waals surface area contributed by atoms with E-state index in [0.717, 1.165) is 17.9 Å². The van der Waals surface area contributed by atoms with Crippen LogP contribution in [0.3, 0.4) is 0 Å². The number of hydrogen-bond donors (Lipinski definition) is 3. The smallest absolute Gasteiger partial charge is 0.262 e. The predicted octanol–water partition coefficient (Wildman–Crippen LogP) is 0.325. The van der Waals surface area contributed by atoms with E-state index >= 15 is 0 Å². The highest BCUT2D eigenvalue weighted by Crippen LogP contribution is 2.27. The molecule has 1 unspecified atom stereocenters. The molecule has 1 aliphatic rings. The fraction of sp³-hybridized carbons (Fsp3) is 0.417. The lowest BCUT2D eigenvalue weighted by Crippen LogP contribution is -2.45. The van der Waals surface area contributed by atoms with Gasteiger partial charge in [-0.05, 0) is 25.1 Å². The molecule has 1 heterocycles. The average Bonchev–Trinajstić information content (AvgIpc) is 2.38. The number of carbonyl (C=O) groups is 1. The van der Waals surface area contributed by atoms with Gasteiger partial charge in [-0.1, -0.05) is 12.1 Å². The number of amides is 1. The maximum atomic E-state index is 11.8. The monoisotopic (exact) mass is 235 g/mol. The van der Waals surface area contributed by atoms with Gasteiger partial charge in [-0.3, -0.25) is 4.79 Å². The van der Waals surface area contributed by atoms with Crippen molar-refractivity contribution in [2.75, 3.05) is 25.0 Å². The minimum absolute atomic E-state index is 0.0968. The molecule has 1 atom stereocenters. The molecule has 17 heavy (non-hydrogen) atoms. The molecule has 92 valence electrons. The molecule has 1 aromatic carbocycles. The van der Waals surface area contributed by atoms with Crippen molar-refractivity contribution in [3.8, 4) is 5.75 Å². The van der Waals surface area contributed by atoms with Crippen LogP contribution in [-0.2, 0) is 4.79 Å². The second kappa shape index (κ2) is 5.54. The molecule has 1 aliphatic heterocycles. The molecule has 0 saturated heterocycles. The summed E-state index contributed by atoms with van der Waals surface area (Å²) in [5, 5.41) is 5.97. The maximum Gasteiger partial charge on any atom is 0.262 e. The van der Waals surface area contributed by atoms with Crippen LogP contribution in [0, 0.1) is 0 Å². The van der Waals surface area contributed by atoms with E-state index in [-0.39, 0.29) is 5.91 Å². The Morgan fingerprint density at radius 3 is 3.18 bits per heavy atom. The summed E-state index contributed by atoms with van der Waals surface area (Å²) in [4.78, 5) is 11.8. The molecule has 0 aromatic heterocycles. The summed E-state index contributed by atoms with van der Waals surface area (Å²) in [6.45, 7) is 1.66. The molecule has 0 radical (unpaired) electrons. The van der Waals surface area contributed by atoms with Crippen LogP contribution in [0.15, 0.2) is 24.3 Å². The number of nitrogens with one attached hydrogen (secondary N) is 2. The zero-order chi connectivity index (χ0) is 12.1. The van der Waals surface area contributed by atoms with Crippen molar-refractivity contribution in [2.45, 2.75) is 12.5 Å². The minimum atomic E-state index is -0.470. The van der Waals surface area contributed by atoms with E-state index in [1.807, 2.05) is 24.3 Å². The fourth-order valence-electron chi connectivity index (χ4n) is 1.69. The van der Waals surface area contributed by atoms with Crippen LogP contribution in [-0.4, -0.2) is 31.6 Å². The maximum absolute atomic E-state index is 11.8. The molecule has 0 bridgehead atoms. The summed E-state index contributed by atoms with van der Waals surface area (Å²) in [6, 6.07) is 7.59. The van der Waals surface area contributed by atoms with Crippen LogP contribution in [0.4, 0.5) is 5.69 Å². The molecule has 0 spiro atoms. The first-order valence-corrected chi connectivity index (χ1v) is 5.78. The quantitative estimate of drug-likeness (QED) is 0.657. The largest absolute Gasteiger partial charge is 0.477 e. The Bertz CT molecular complexity index is 395. The zero-order valence-corrected chi connectivity index (χ0v) is 9.61. The van der Waals surface area contributed by atoms with Crippen LogP contribution in [0.1, 0.15) is 6.42 Å². The molecule has 5 heteroatoms. The standard InChI is InChI=1S/C12H17N3O2/c13-6-3-7-14-12(16)11-8-15-9-4-1-2-5-10(9)17-11/h1-2,4-5,11,15H,3,6-8,13H2,(H,14,16). The first-order chi connectivity index (χ1) is 8.31. The highest BCUT2D eigenvalue weighted by atomic mass is 16.5. The van der Waals surface area contributed by atoms with E-state index in [9.17, 15) is 4.79 Å². The number of para-hydroxylation sites is 2. The molecule has 0 saturated carbocycles. The Morgan fingerprint density at radius 2 is 2.35 bits per heavy atom. The van der Waals surface area contributed by atoms with Crippen molar-refractivity contribution in [1.82, 2.24) is 5.32 Å². The van der Waals surface area contributed by atoms with Gasteiger partial charge >= 0.3 is 0 Å². The van der Waals surface area contributed by atoms with Crippen LogP contribution < -0.4 is 21.1 Å². The van der Waals surface area contributed by atoms with Crippen molar-refractivity contribution in [3.63, 3.8) is 0 Å². The van der Waals surface area contributed by atoms with Crippen LogP contribution in [0.5, 0.6) is 5.75 Å². The van der Waals surface area contributed by atoms with Gasteiger partial charge in [0, 0.05) is 6.54 Å². The van der Waals surface area contributed by atoms with E-state index in [4.69, 9.17) is 10.5 Å². The van der Waals surface area contributed by atoms with Gasteiger partial charge in [0.1, 0.15) is 5.75 Å². The van der Waals surface area contributed by atoms with Gasteiger partial charge in [-0.25, -0.2) is 0 Å². The van der Waals surface area contributed by atoms with Crippen LogP contribution in [0.25, 0.3) is 0 Å². The van der Waals surface area contributed by atoms with E-state index < -0.39 is 6.10 Å². The van der Waals surface area contributed by atoms with Gasteiger partial charge < -0.3 is 21.1 Å². The van der Waals surface area contributed by atoms with Gasteiger partial charge in [0.2, 0.25) is 0 Å². The molecular weight excluding hydrogens is 218 g/mol. The number of ether oxygens (including phenoxy) is 1. The Hall–Kier alpha value is -1.75. The topological polar surface area (TPSA) is 76.4 Å². The Morgan fingerprint density at radius 1 is 1.53 bits per heavy atom. The molecule has 2 rings (SSSR count). The van der Waals surface area contributed by atoms with Gasteiger partial charge in [-0.15, -0.1) is 0 Å². The van der Waals surface area contributed by atoms with E-state index in [0.29, 0.717) is 19.6 Å². The summed E-state index contributed by atoms with van der Waals surface area (Å²) in [5.74, 6) is 0.623. The van der Waals surface area contributed by atoms with Crippen molar-refractivity contribution in [2.24, 2.45) is 5.73 Å². The summed E-state index contributed by atoms with van der Waals surface area (Å²) >= 11 is 0. The summed E-state index contributed by atoms with van der Waals surface area (Å²) in [7, 11) is 0. The second-order valence-electron chi connectivity index (χ2n) is 3.92. The summed E-state index contributed by atoms with van der Waals surface area (Å²) in [6.07, 6.45) is 0.310. The SMILES string of the molecule is NCCCNC(=O)C1CNc2ccccc2O1. The first-order valence-electron chi connectivity index (χ1n) is 5.78. The molecule has 1 amide bonds. The predicted molar refractivity (Wildman–Crippen MR) is 66.0 cm³/mol. The van der Waals surface area contributed by atoms with Crippen molar-refractivity contribution >= 4 is 11.6 Å². The van der Waals surface area contributed by atoms with Gasteiger partial charge in [0.25, 0.3) is 5.91 Å². The lowest BCUT2D eigenvalue weighted by molar-refractivity contribution is -0.127. The van der Waals surface area contributed by atoms with Crippen LogP contribution in [0.2, 0.25) is 0 Å². The van der Waals surface area contributed by atoms with E-state index in [1.54, 1.807) is 0 Å². The lowest BCUT2D eigenvalue weighted by Gasteiger charge is -2.26. The number of carbonyl (C=O) groups excluding carboxylic acids is 1. The fourth-order valence-corrected chi connectivity index (χ4v) is 1.69. The molecule has 0 aliphatic carbocycles.